The van der Waals surface area contributed by atoms with Gasteiger partial charge in [0.2, 0.25) is 5.91 Å². The van der Waals surface area contributed by atoms with Crippen LogP contribution < -0.4 is 10.6 Å². The fourth-order valence-electron chi connectivity index (χ4n) is 4.28. The maximum atomic E-state index is 13.2. The second kappa shape index (κ2) is 6.41. The van der Waals surface area contributed by atoms with Crippen LogP contribution in [0, 0.1) is 0 Å². The van der Waals surface area contributed by atoms with E-state index in [-0.39, 0.29) is 12.5 Å². The maximum Gasteiger partial charge on any atom is 0.325 e. The van der Waals surface area contributed by atoms with Gasteiger partial charge in [-0.3, -0.25) is 19.5 Å². The number of imide groups is 1. The van der Waals surface area contributed by atoms with Gasteiger partial charge < -0.3 is 10.6 Å². The number of carbonyl (C=O) groups excluding carboxylic acids is 3. The van der Waals surface area contributed by atoms with Crippen molar-refractivity contribution in [1.82, 2.24) is 15.2 Å². The molecule has 5 rings (SSSR count). The van der Waals surface area contributed by atoms with Crippen LogP contribution in [0.1, 0.15) is 17.5 Å². The van der Waals surface area contributed by atoms with Crippen molar-refractivity contribution in [2.75, 3.05) is 11.9 Å². The first-order chi connectivity index (χ1) is 14.1. The second-order valence-electron chi connectivity index (χ2n) is 7.31. The quantitative estimate of drug-likeness (QED) is 0.677. The predicted molar refractivity (Wildman–Crippen MR) is 107 cm³/mol. The number of aromatic nitrogens is 1. The normalized spacial score (nSPS) is 20.2. The molecule has 0 radical (unpaired) electrons. The fourth-order valence-corrected chi connectivity index (χ4v) is 4.28. The van der Waals surface area contributed by atoms with Gasteiger partial charge in [0.15, 0.2) is 0 Å². The number of urea groups is 1. The molecule has 3 aromatic rings. The van der Waals surface area contributed by atoms with Crippen molar-refractivity contribution in [2.24, 2.45) is 0 Å². The minimum atomic E-state index is -1.06. The molecule has 1 spiro atoms. The molecule has 2 N–H and O–H groups in total. The van der Waals surface area contributed by atoms with Crippen LogP contribution in [0.3, 0.4) is 0 Å². The van der Waals surface area contributed by atoms with Gasteiger partial charge in [0.1, 0.15) is 12.1 Å². The van der Waals surface area contributed by atoms with Crippen LogP contribution in [0.15, 0.2) is 60.8 Å². The zero-order chi connectivity index (χ0) is 20.0. The summed E-state index contributed by atoms with van der Waals surface area (Å²) in [6, 6.07) is 16.1. The average molecular weight is 386 g/mol. The van der Waals surface area contributed by atoms with Gasteiger partial charge in [-0.2, -0.15) is 0 Å². The van der Waals surface area contributed by atoms with E-state index in [4.69, 9.17) is 0 Å². The number of anilines is 1. The number of nitrogens with one attached hydrogen (secondary N) is 2. The number of rotatable bonds is 3. The predicted octanol–water partition coefficient (Wildman–Crippen LogP) is 2.57. The van der Waals surface area contributed by atoms with Gasteiger partial charge >= 0.3 is 6.03 Å². The molecular weight excluding hydrogens is 368 g/mol. The number of aryl methyl sites for hydroxylation is 1. The van der Waals surface area contributed by atoms with Crippen molar-refractivity contribution >= 4 is 34.4 Å². The molecule has 144 valence electrons. The SMILES string of the molecule is O=C(CN1C(=O)N[C@@]2(CCc3ccccc32)C1=O)Nc1cccc2ncccc12. The number of pyridine rings is 1. The van der Waals surface area contributed by atoms with Crippen LogP contribution in [-0.2, 0) is 21.5 Å². The van der Waals surface area contributed by atoms with E-state index in [9.17, 15) is 14.4 Å². The molecule has 0 bridgehead atoms. The van der Waals surface area contributed by atoms with E-state index in [1.165, 1.54) is 0 Å². The Bertz CT molecular complexity index is 1170. The summed E-state index contributed by atoms with van der Waals surface area (Å²) in [6.45, 7) is -0.342. The first-order valence-corrected chi connectivity index (χ1v) is 9.44. The van der Waals surface area contributed by atoms with E-state index in [2.05, 4.69) is 15.6 Å². The molecule has 2 aromatic carbocycles. The van der Waals surface area contributed by atoms with Gasteiger partial charge in [-0.05, 0) is 48.2 Å². The third-order valence-corrected chi connectivity index (χ3v) is 5.64. The Kier molecular flexibility index (Phi) is 3.84. The van der Waals surface area contributed by atoms with E-state index in [0.29, 0.717) is 18.5 Å². The van der Waals surface area contributed by atoms with Crippen LogP contribution >= 0.6 is 0 Å². The summed E-state index contributed by atoms with van der Waals surface area (Å²) in [7, 11) is 0. The highest BCUT2D eigenvalue weighted by molar-refractivity contribution is 6.11. The number of amides is 4. The molecule has 29 heavy (non-hydrogen) atoms. The summed E-state index contributed by atoms with van der Waals surface area (Å²) in [6.07, 6.45) is 2.90. The summed E-state index contributed by atoms with van der Waals surface area (Å²) in [5.41, 5.74) is 2.16. The van der Waals surface area contributed by atoms with Gasteiger partial charge in [0, 0.05) is 11.6 Å². The summed E-state index contributed by atoms with van der Waals surface area (Å²) >= 11 is 0. The van der Waals surface area contributed by atoms with E-state index in [0.717, 1.165) is 26.9 Å². The standard InChI is InChI=1S/C22H18N4O3/c27-19(24-18-9-3-8-17-15(18)6-4-12-23-17)13-26-20(28)22(25-21(26)29)11-10-14-5-1-2-7-16(14)22/h1-9,12H,10-11,13H2,(H,24,27)(H,25,29)/t22-/m1/s1. The van der Waals surface area contributed by atoms with Crippen molar-refractivity contribution in [1.29, 1.82) is 0 Å². The fraction of sp³-hybridized carbons (Fsp3) is 0.182. The topological polar surface area (TPSA) is 91.4 Å². The maximum absolute atomic E-state index is 13.2. The first-order valence-electron chi connectivity index (χ1n) is 9.44. The Hall–Kier alpha value is -3.74. The number of hydrogen-bond donors (Lipinski definition) is 2. The molecule has 4 amide bonds. The van der Waals surface area contributed by atoms with Gasteiger partial charge in [0.05, 0.1) is 11.2 Å². The number of nitrogens with zero attached hydrogens (tertiary/aromatic N) is 2. The molecule has 0 saturated carbocycles. The third-order valence-electron chi connectivity index (χ3n) is 5.64. The number of carbonyl (C=O) groups is 3. The van der Waals surface area contributed by atoms with Crippen molar-refractivity contribution in [2.45, 2.75) is 18.4 Å². The van der Waals surface area contributed by atoms with Crippen molar-refractivity contribution in [3.63, 3.8) is 0 Å². The minimum Gasteiger partial charge on any atom is -0.324 e. The third kappa shape index (κ3) is 2.66. The van der Waals surface area contributed by atoms with Crippen LogP contribution in [0.25, 0.3) is 10.9 Å². The Morgan fingerprint density at radius 2 is 1.97 bits per heavy atom. The van der Waals surface area contributed by atoms with E-state index >= 15 is 0 Å². The number of hydrogen-bond acceptors (Lipinski definition) is 4. The van der Waals surface area contributed by atoms with E-state index in [1.807, 2.05) is 36.4 Å². The average Bonchev–Trinajstić information content (AvgIpc) is 3.22. The van der Waals surface area contributed by atoms with Crippen molar-refractivity contribution < 1.29 is 14.4 Å². The van der Waals surface area contributed by atoms with E-state index in [1.54, 1.807) is 24.4 Å². The lowest BCUT2D eigenvalue weighted by Crippen LogP contribution is -2.43. The van der Waals surface area contributed by atoms with Crippen LogP contribution in [-0.4, -0.2) is 34.3 Å². The van der Waals surface area contributed by atoms with Gasteiger partial charge in [-0.1, -0.05) is 30.3 Å². The lowest BCUT2D eigenvalue weighted by molar-refractivity contribution is -0.134. The molecule has 7 heteroatoms. The number of fused-ring (bicyclic) bond motifs is 3. The summed E-state index contributed by atoms with van der Waals surface area (Å²) in [5.74, 6) is -0.810. The van der Waals surface area contributed by atoms with Gasteiger partial charge in [-0.25, -0.2) is 4.79 Å². The van der Waals surface area contributed by atoms with Crippen molar-refractivity contribution in [3.05, 3.63) is 71.9 Å². The highest BCUT2D eigenvalue weighted by Gasteiger charge is 2.55. The molecule has 2 aliphatic rings. The molecular formula is C22H18N4O3. The Balaban J connectivity index is 1.38. The molecule has 2 heterocycles. The Morgan fingerprint density at radius 3 is 2.86 bits per heavy atom. The summed E-state index contributed by atoms with van der Waals surface area (Å²) in [5, 5.41) is 6.42. The lowest BCUT2D eigenvalue weighted by atomic mass is 9.92. The van der Waals surface area contributed by atoms with Gasteiger partial charge in [0.25, 0.3) is 5.91 Å². The zero-order valence-corrected chi connectivity index (χ0v) is 15.5. The number of benzene rings is 2. The second-order valence-corrected chi connectivity index (χ2v) is 7.31. The van der Waals surface area contributed by atoms with Crippen LogP contribution in [0.5, 0.6) is 0 Å². The summed E-state index contributed by atoms with van der Waals surface area (Å²) < 4.78 is 0. The minimum absolute atomic E-state index is 0.342. The molecule has 1 fully saturated rings. The van der Waals surface area contributed by atoms with Gasteiger partial charge in [-0.15, -0.1) is 0 Å². The largest absolute Gasteiger partial charge is 0.325 e. The van der Waals surface area contributed by atoms with Crippen LogP contribution in [0.4, 0.5) is 10.5 Å². The molecule has 0 unspecified atom stereocenters. The Labute approximate surface area is 166 Å². The molecule has 1 aromatic heterocycles. The monoisotopic (exact) mass is 386 g/mol. The first kappa shape index (κ1) is 17.4. The molecule has 1 atom stereocenters. The zero-order valence-electron chi connectivity index (χ0n) is 15.5. The molecule has 1 saturated heterocycles. The smallest absolute Gasteiger partial charge is 0.324 e. The summed E-state index contributed by atoms with van der Waals surface area (Å²) in [4.78, 5) is 43.6. The molecule has 1 aliphatic carbocycles. The highest BCUT2D eigenvalue weighted by Crippen LogP contribution is 2.41. The Morgan fingerprint density at radius 1 is 1.10 bits per heavy atom. The van der Waals surface area contributed by atoms with E-state index < -0.39 is 17.5 Å². The van der Waals surface area contributed by atoms with Crippen molar-refractivity contribution in [3.8, 4) is 0 Å². The highest BCUT2D eigenvalue weighted by atomic mass is 16.2. The van der Waals surface area contributed by atoms with Crippen LogP contribution in [0.2, 0.25) is 0 Å². The molecule has 7 nitrogen and oxygen atoms in total. The lowest BCUT2D eigenvalue weighted by Gasteiger charge is -2.22. The molecule has 1 aliphatic heterocycles.